The molecule has 0 aromatic carbocycles. The number of rotatable bonds is 4. The zero-order chi connectivity index (χ0) is 12.3. The monoisotopic (exact) mass is 239 g/mol. The molecule has 0 aromatic rings. The normalized spacial score (nSPS) is 31.8. The molecule has 2 atom stereocenters. The Bertz CT molecular complexity index is 261. The Morgan fingerprint density at radius 3 is 2.59 bits per heavy atom. The molecule has 0 bridgehead atoms. The van der Waals surface area contributed by atoms with E-state index in [1.54, 1.807) is 0 Å². The molecule has 3 heteroatoms. The lowest BCUT2D eigenvalue weighted by atomic mass is 9.86. The lowest BCUT2D eigenvalue weighted by Gasteiger charge is -2.46. The van der Waals surface area contributed by atoms with E-state index in [4.69, 9.17) is 0 Å². The van der Waals surface area contributed by atoms with Crippen molar-refractivity contribution < 1.29 is 9.90 Å². The topological polar surface area (TPSA) is 40.5 Å². The first-order valence-corrected chi connectivity index (χ1v) is 7.19. The minimum absolute atomic E-state index is 0.111. The molecule has 17 heavy (non-hydrogen) atoms. The summed E-state index contributed by atoms with van der Waals surface area (Å²) in [6.07, 6.45) is 8.06. The van der Waals surface area contributed by atoms with Gasteiger partial charge in [-0.25, -0.2) is 0 Å². The summed E-state index contributed by atoms with van der Waals surface area (Å²) in [5.41, 5.74) is 0. The van der Waals surface area contributed by atoms with Crippen LogP contribution in [-0.4, -0.2) is 35.1 Å². The van der Waals surface area contributed by atoms with Crippen LogP contribution in [0.2, 0.25) is 0 Å². The molecular formula is C14H25NO2. The number of aliphatic carboxylic acids is 1. The van der Waals surface area contributed by atoms with Gasteiger partial charge in [0.05, 0.1) is 5.92 Å². The Balaban J connectivity index is 1.90. The smallest absolute Gasteiger partial charge is 0.308 e. The van der Waals surface area contributed by atoms with E-state index in [0.717, 1.165) is 38.3 Å². The standard InChI is InChI=1S/C14H25NO2/c1-2-6-11-9-15(10-11)13-8-5-3-4-7-12(13)14(16)17/h11-13H,2-10H2,1H3,(H,16,17). The predicted octanol–water partition coefficient (Wildman–Crippen LogP) is 2.75. The van der Waals surface area contributed by atoms with Crippen LogP contribution in [0.25, 0.3) is 0 Å². The molecule has 2 aliphatic rings. The number of likely N-dealkylation sites (tertiary alicyclic amines) is 1. The summed E-state index contributed by atoms with van der Waals surface area (Å²) < 4.78 is 0. The number of nitrogens with zero attached hydrogens (tertiary/aromatic N) is 1. The van der Waals surface area contributed by atoms with Crippen LogP contribution in [0.5, 0.6) is 0 Å². The van der Waals surface area contributed by atoms with Gasteiger partial charge in [-0.2, -0.15) is 0 Å². The molecule has 1 saturated carbocycles. The average molecular weight is 239 g/mol. The van der Waals surface area contributed by atoms with Crippen LogP contribution >= 0.6 is 0 Å². The zero-order valence-electron chi connectivity index (χ0n) is 10.9. The van der Waals surface area contributed by atoms with E-state index in [1.165, 1.54) is 25.7 Å². The van der Waals surface area contributed by atoms with E-state index < -0.39 is 5.97 Å². The van der Waals surface area contributed by atoms with Gasteiger partial charge in [0.15, 0.2) is 0 Å². The highest BCUT2D eigenvalue weighted by Crippen LogP contribution is 2.33. The van der Waals surface area contributed by atoms with Crippen LogP contribution in [0.15, 0.2) is 0 Å². The van der Waals surface area contributed by atoms with E-state index >= 15 is 0 Å². The fourth-order valence-electron chi connectivity index (χ4n) is 3.48. The van der Waals surface area contributed by atoms with E-state index in [2.05, 4.69) is 11.8 Å². The third-order valence-electron chi connectivity index (χ3n) is 4.45. The number of carboxylic acids is 1. The van der Waals surface area contributed by atoms with Crippen LogP contribution in [0.3, 0.4) is 0 Å². The van der Waals surface area contributed by atoms with Crippen molar-refractivity contribution in [2.45, 2.75) is 57.9 Å². The second kappa shape index (κ2) is 5.85. The fourth-order valence-corrected chi connectivity index (χ4v) is 3.48. The summed E-state index contributed by atoms with van der Waals surface area (Å²) >= 11 is 0. The molecule has 1 aliphatic heterocycles. The highest BCUT2D eigenvalue weighted by atomic mass is 16.4. The maximum absolute atomic E-state index is 11.3. The van der Waals surface area contributed by atoms with Gasteiger partial charge in [0.1, 0.15) is 0 Å². The number of carboxylic acid groups (broad SMARTS) is 1. The lowest BCUT2D eigenvalue weighted by molar-refractivity contribution is -0.146. The second-order valence-electron chi connectivity index (χ2n) is 5.76. The summed E-state index contributed by atoms with van der Waals surface area (Å²) in [6, 6.07) is 0.322. The number of hydrogen-bond acceptors (Lipinski definition) is 2. The van der Waals surface area contributed by atoms with Crippen LogP contribution in [-0.2, 0) is 4.79 Å². The Morgan fingerprint density at radius 2 is 1.94 bits per heavy atom. The summed E-state index contributed by atoms with van der Waals surface area (Å²) in [6.45, 7) is 4.51. The van der Waals surface area contributed by atoms with Crippen molar-refractivity contribution in [3.8, 4) is 0 Å². The molecule has 0 radical (unpaired) electrons. The van der Waals surface area contributed by atoms with Crippen molar-refractivity contribution in [3.05, 3.63) is 0 Å². The van der Waals surface area contributed by atoms with Crippen molar-refractivity contribution in [3.63, 3.8) is 0 Å². The van der Waals surface area contributed by atoms with Crippen molar-refractivity contribution in [2.75, 3.05) is 13.1 Å². The number of carbonyl (C=O) groups is 1. The van der Waals surface area contributed by atoms with Gasteiger partial charge in [0, 0.05) is 19.1 Å². The Morgan fingerprint density at radius 1 is 1.24 bits per heavy atom. The van der Waals surface area contributed by atoms with E-state index in [1.807, 2.05) is 0 Å². The van der Waals surface area contributed by atoms with Gasteiger partial charge in [-0.05, 0) is 25.2 Å². The van der Waals surface area contributed by atoms with Gasteiger partial charge >= 0.3 is 5.97 Å². The maximum atomic E-state index is 11.3. The summed E-state index contributed by atoms with van der Waals surface area (Å²) in [5.74, 6) is 0.147. The van der Waals surface area contributed by atoms with Crippen molar-refractivity contribution in [1.29, 1.82) is 0 Å². The van der Waals surface area contributed by atoms with E-state index in [0.29, 0.717) is 6.04 Å². The minimum atomic E-state index is -0.573. The quantitative estimate of drug-likeness (QED) is 0.767. The molecule has 2 rings (SSSR count). The van der Waals surface area contributed by atoms with Crippen LogP contribution < -0.4 is 0 Å². The van der Waals surface area contributed by atoms with Gasteiger partial charge in [-0.1, -0.05) is 32.6 Å². The fraction of sp³-hybridized carbons (Fsp3) is 0.929. The molecule has 3 nitrogen and oxygen atoms in total. The Labute approximate surface area is 104 Å². The highest BCUT2D eigenvalue weighted by molar-refractivity contribution is 5.71. The van der Waals surface area contributed by atoms with Gasteiger partial charge in [0.2, 0.25) is 0 Å². The van der Waals surface area contributed by atoms with Crippen LogP contribution in [0, 0.1) is 11.8 Å². The molecule has 2 fully saturated rings. The summed E-state index contributed by atoms with van der Waals surface area (Å²) in [5, 5.41) is 9.34. The first kappa shape index (κ1) is 12.9. The molecular weight excluding hydrogens is 214 g/mol. The van der Waals surface area contributed by atoms with Crippen LogP contribution in [0.4, 0.5) is 0 Å². The second-order valence-corrected chi connectivity index (χ2v) is 5.76. The van der Waals surface area contributed by atoms with Gasteiger partial charge in [-0.15, -0.1) is 0 Å². The lowest BCUT2D eigenvalue weighted by Crippen LogP contribution is -2.55. The summed E-state index contributed by atoms with van der Waals surface area (Å²) in [4.78, 5) is 13.8. The molecule has 2 unspecified atom stereocenters. The van der Waals surface area contributed by atoms with Crippen LogP contribution in [0.1, 0.15) is 51.9 Å². The van der Waals surface area contributed by atoms with Gasteiger partial charge in [0.25, 0.3) is 0 Å². The van der Waals surface area contributed by atoms with Crippen molar-refractivity contribution >= 4 is 5.97 Å². The average Bonchev–Trinajstić information content (AvgIpc) is 2.47. The predicted molar refractivity (Wildman–Crippen MR) is 68.0 cm³/mol. The zero-order valence-corrected chi connectivity index (χ0v) is 10.9. The molecule has 0 spiro atoms. The molecule has 1 saturated heterocycles. The SMILES string of the molecule is CCCC1CN(C2CCCCCC2C(=O)O)C1. The molecule has 1 heterocycles. The van der Waals surface area contributed by atoms with E-state index in [-0.39, 0.29) is 5.92 Å². The largest absolute Gasteiger partial charge is 0.481 e. The third kappa shape index (κ3) is 3.01. The molecule has 0 aromatic heterocycles. The summed E-state index contributed by atoms with van der Waals surface area (Å²) in [7, 11) is 0. The Hall–Kier alpha value is -0.570. The number of hydrogen-bond donors (Lipinski definition) is 1. The molecule has 1 N–H and O–H groups in total. The van der Waals surface area contributed by atoms with Crippen molar-refractivity contribution in [2.24, 2.45) is 11.8 Å². The van der Waals surface area contributed by atoms with Gasteiger partial charge in [-0.3, -0.25) is 9.69 Å². The molecule has 98 valence electrons. The first-order chi connectivity index (χ1) is 8.22. The van der Waals surface area contributed by atoms with Gasteiger partial charge < -0.3 is 5.11 Å². The first-order valence-electron chi connectivity index (χ1n) is 7.19. The molecule has 0 amide bonds. The Kier molecular flexibility index (Phi) is 4.43. The maximum Gasteiger partial charge on any atom is 0.308 e. The van der Waals surface area contributed by atoms with Crippen molar-refractivity contribution in [1.82, 2.24) is 4.90 Å². The molecule has 1 aliphatic carbocycles. The minimum Gasteiger partial charge on any atom is -0.481 e. The third-order valence-corrected chi connectivity index (χ3v) is 4.45. The highest BCUT2D eigenvalue weighted by Gasteiger charge is 2.39. The van der Waals surface area contributed by atoms with E-state index in [9.17, 15) is 9.90 Å².